The third-order valence-corrected chi connectivity index (χ3v) is 2.99. The molecule has 5 heteroatoms. The molecule has 0 atom stereocenters. The van der Waals surface area contributed by atoms with Crippen LogP contribution in [-0.2, 0) is 0 Å². The summed E-state index contributed by atoms with van der Waals surface area (Å²) in [6, 6.07) is 7.47. The monoisotopic (exact) mass is 261 g/mol. The fraction of sp³-hybridized carbons (Fsp3) is 0.231. The molecule has 2 aromatic rings. The molecule has 1 saturated heterocycles. The van der Waals surface area contributed by atoms with Gasteiger partial charge in [-0.2, -0.15) is 0 Å². The van der Waals surface area contributed by atoms with Crippen molar-refractivity contribution in [2.24, 2.45) is 0 Å². The molecule has 0 unspecified atom stereocenters. The molecular weight excluding hydrogens is 250 g/mol. The lowest BCUT2D eigenvalue weighted by Gasteiger charge is -2.27. The summed E-state index contributed by atoms with van der Waals surface area (Å²) in [7, 11) is 0. The van der Waals surface area contributed by atoms with Crippen LogP contribution in [-0.4, -0.2) is 29.2 Å². The van der Waals surface area contributed by atoms with Gasteiger partial charge in [-0.05, 0) is 12.1 Å². The van der Waals surface area contributed by atoms with E-state index >= 15 is 0 Å². The summed E-state index contributed by atoms with van der Waals surface area (Å²) in [5.74, 6) is 1.35. The Labute approximate surface area is 110 Å². The Morgan fingerprint density at radius 2 is 2.00 bits per heavy atom. The maximum atomic E-state index is 5.93. The quantitative estimate of drug-likeness (QED) is 0.920. The molecule has 92 valence electrons. The summed E-state index contributed by atoms with van der Waals surface area (Å²) < 4.78 is 5.65. The van der Waals surface area contributed by atoms with Crippen molar-refractivity contribution in [2.45, 2.75) is 6.10 Å². The van der Waals surface area contributed by atoms with Crippen molar-refractivity contribution in [3.8, 4) is 17.1 Å². The summed E-state index contributed by atoms with van der Waals surface area (Å²) >= 11 is 5.93. The minimum absolute atomic E-state index is 0.241. The lowest BCUT2D eigenvalue weighted by atomic mass is 10.2. The Morgan fingerprint density at radius 3 is 2.61 bits per heavy atom. The van der Waals surface area contributed by atoms with Crippen LogP contribution >= 0.6 is 11.6 Å². The second-order valence-corrected chi connectivity index (χ2v) is 4.59. The standard InChI is InChI=1S/C13H12ClN3O/c14-10-3-1-2-9(4-10)13-16-7-12(8-17-13)18-11-5-15-6-11/h1-4,7-8,11,15H,5-6H2. The second-order valence-electron chi connectivity index (χ2n) is 4.15. The van der Waals surface area contributed by atoms with Gasteiger partial charge in [0.05, 0.1) is 12.4 Å². The average molecular weight is 262 g/mol. The van der Waals surface area contributed by atoms with Crippen LogP contribution < -0.4 is 10.1 Å². The van der Waals surface area contributed by atoms with E-state index in [9.17, 15) is 0 Å². The molecule has 18 heavy (non-hydrogen) atoms. The molecule has 1 N–H and O–H groups in total. The van der Waals surface area contributed by atoms with Crippen LogP contribution in [0.15, 0.2) is 36.7 Å². The molecule has 0 spiro atoms. The number of nitrogens with one attached hydrogen (secondary N) is 1. The molecular formula is C13H12ClN3O. The zero-order valence-corrected chi connectivity index (χ0v) is 10.4. The average Bonchev–Trinajstić information content (AvgIpc) is 2.35. The lowest BCUT2D eigenvalue weighted by molar-refractivity contribution is 0.141. The van der Waals surface area contributed by atoms with Crippen molar-refractivity contribution < 1.29 is 4.74 Å². The van der Waals surface area contributed by atoms with Gasteiger partial charge in [-0.15, -0.1) is 0 Å². The first kappa shape index (κ1) is 11.4. The van der Waals surface area contributed by atoms with Gasteiger partial charge in [0, 0.05) is 23.7 Å². The number of rotatable bonds is 3. The zero-order valence-electron chi connectivity index (χ0n) is 9.64. The maximum Gasteiger partial charge on any atom is 0.159 e. The molecule has 1 aliphatic heterocycles. The van der Waals surface area contributed by atoms with Crippen molar-refractivity contribution in [2.75, 3.05) is 13.1 Å². The number of benzene rings is 1. The van der Waals surface area contributed by atoms with Gasteiger partial charge in [-0.1, -0.05) is 23.7 Å². The van der Waals surface area contributed by atoms with Crippen molar-refractivity contribution in [3.05, 3.63) is 41.7 Å². The molecule has 1 aliphatic rings. The first-order valence-electron chi connectivity index (χ1n) is 5.76. The van der Waals surface area contributed by atoms with Gasteiger partial charge >= 0.3 is 0 Å². The smallest absolute Gasteiger partial charge is 0.159 e. The van der Waals surface area contributed by atoms with Gasteiger partial charge < -0.3 is 10.1 Å². The normalized spacial score (nSPS) is 15.2. The highest BCUT2D eigenvalue weighted by Gasteiger charge is 2.18. The third kappa shape index (κ3) is 2.44. The Bertz CT molecular complexity index is 540. The van der Waals surface area contributed by atoms with Gasteiger partial charge in [0.2, 0.25) is 0 Å². The highest BCUT2D eigenvalue weighted by molar-refractivity contribution is 6.30. The molecule has 2 heterocycles. The van der Waals surface area contributed by atoms with E-state index in [1.165, 1.54) is 0 Å². The van der Waals surface area contributed by atoms with E-state index in [2.05, 4.69) is 15.3 Å². The van der Waals surface area contributed by atoms with Crippen LogP contribution in [0.25, 0.3) is 11.4 Å². The van der Waals surface area contributed by atoms with Crippen LogP contribution in [0.2, 0.25) is 5.02 Å². The number of halogens is 1. The van der Waals surface area contributed by atoms with E-state index in [1.807, 2.05) is 24.3 Å². The van der Waals surface area contributed by atoms with Gasteiger partial charge in [0.15, 0.2) is 11.6 Å². The van der Waals surface area contributed by atoms with Crippen molar-refractivity contribution in [1.29, 1.82) is 0 Å². The number of aromatic nitrogens is 2. The van der Waals surface area contributed by atoms with Crippen molar-refractivity contribution in [3.63, 3.8) is 0 Å². The van der Waals surface area contributed by atoms with E-state index in [-0.39, 0.29) is 6.10 Å². The number of hydrogen-bond donors (Lipinski definition) is 1. The maximum absolute atomic E-state index is 5.93. The molecule has 0 amide bonds. The molecule has 4 nitrogen and oxygen atoms in total. The zero-order chi connectivity index (χ0) is 12.4. The minimum Gasteiger partial charge on any atom is -0.485 e. The summed E-state index contributed by atoms with van der Waals surface area (Å²) in [4.78, 5) is 8.57. The fourth-order valence-electron chi connectivity index (χ4n) is 1.69. The van der Waals surface area contributed by atoms with Crippen LogP contribution in [0.3, 0.4) is 0 Å². The first-order valence-corrected chi connectivity index (χ1v) is 6.14. The Balaban J connectivity index is 1.77. The molecule has 1 fully saturated rings. The summed E-state index contributed by atoms with van der Waals surface area (Å²) in [5, 5.41) is 3.82. The number of nitrogens with zero attached hydrogens (tertiary/aromatic N) is 2. The SMILES string of the molecule is Clc1cccc(-c2ncc(OC3CNC3)cn2)c1. The summed E-state index contributed by atoms with van der Waals surface area (Å²) in [5.41, 5.74) is 0.902. The largest absolute Gasteiger partial charge is 0.485 e. The predicted molar refractivity (Wildman–Crippen MR) is 69.8 cm³/mol. The van der Waals surface area contributed by atoms with Crippen LogP contribution in [0.1, 0.15) is 0 Å². The first-order chi connectivity index (χ1) is 8.81. The van der Waals surface area contributed by atoms with Gasteiger partial charge in [-0.3, -0.25) is 0 Å². The Hall–Kier alpha value is -1.65. The molecule has 1 aromatic carbocycles. The van der Waals surface area contributed by atoms with Gasteiger partial charge in [0.1, 0.15) is 6.10 Å². The van der Waals surface area contributed by atoms with Crippen LogP contribution in [0.5, 0.6) is 5.75 Å². The lowest BCUT2D eigenvalue weighted by Crippen LogP contribution is -2.50. The highest BCUT2D eigenvalue weighted by atomic mass is 35.5. The predicted octanol–water partition coefficient (Wildman–Crippen LogP) is 2.15. The third-order valence-electron chi connectivity index (χ3n) is 2.76. The summed E-state index contributed by atoms with van der Waals surface area (Å²) in [6.45, 7) is 1.77. The van der Waals surface area contributed by atoms with E-state index in [0.29, 0.717) is 16.6 Å². The van der Waals surface area contributed by atoms with E-state index in [4.69, 9.17) is 16.3 Å². The Morgan fingerprint density at radius 1 is 1.22 bits per heavy atom. The van der Waals surface area contributed by atoms with E-state index < -0.39 is 0 Å². The van der Waals surface area contributed by atoms with E-state index in [0.717, 1.165) is 18.7 Å². The molecule has 3 rings (SSSR count). The molecule has 1 aromatic heterocycles. The number of hydrogen-bond acceptors (Lipinski definition) is 4. The van der Waals surface area contributed by atoms with Crippen LogP contribution in [0.4, 0.5) is 0 Å². The Kier molecular flexibility index (Phi) is 3.13. The molecule has 0 aliphatic carbocycles. The highest BCUT2D eigenvalue weighted by Crippen LogP contribution is 2.20. The molecule has 0 radical (unpaired) electrons. The summed E-state index contributed by atoms with van der Waals surface area (Å²) in [6.07, 6.45) is 3.63. The van der Waals surface area contributed by atoms with Gasteiger partial charge in [-0.25, -0.2) is 9.97 Å². The minimum atomic E-state index is 0.241. The van der Waals surface area contributed by atoms with Gasteiger partial charge in [0.25, 0.3) is 0 Å². The van der Waals surface area contributed by atoms with Crippen molar-refractivity contribution in [1.82, 2.24) is 15.3 Å². The topological polar surface area (TPSA) is 47.0 Å². The number of ether oxygens (including phenoxy) is 1. The second kappa shape index (κ2) is 4.92. The van der Waals surface area contributed by atoms with E-state index in [1.54, 1.807) is 12.4 Å². The van der Waals surface area contributed by atoms with Crippen LogP contribution in [0, 0.1) is 0 Å². The molecule has 0 saturated carbocycles. The fourth-order valence-corrected chi connectivity index (χ4v) is 1.88. The van der Waals surface area contributed by atoms with Crippen molar-refractivity contribution >= 4 is 11.6 Å². The molecule has 0 bridgehead atoms.